The molecule has 0 saturated carbocycles. The molecule has 0 aliphatic carbocycles. The van der Waals surface area contributed by atoms with Crippen molar-refractivity contribution < 1.29 is 14.4 Å². The van der Waals surface area contributed by atoms with Crippen molar-refractivity contribution in [2.75, 3.05) is 0 Å². The van der Waals surface area contributed by atoms with Crippen LogP contribution in [0.1, 0.15) is 20.7 Å². The van der Waals surface area contributed by atoms with E-state index in [0.29, 0.717) is 17.4 Å². The van der Waals surface area contributed by atoms with E-state index >= 15 is 0 Å². The number of benzene rings is 2. The van der Waals surface area contributed by atoms with Gasteiger partial charge in [0.05, 0.1) is 6.21 Å². The van der Waals surface area contributed by atoms with Gasteiger partial charge in [0.1, 0.15) is 5.71 Å². The number of hydrazone groups is 2. The van der Waals surface area contributed by atoms with Crippen LogP contribution >= 0.6 is 0 Å². The second-order valence-corrected chi connectivity index (χ2v) is 4.53. The molecule has 7 heteroatoms. The first-order valence-corrected chi connectivity index (χ1v) is 6.97. The molecule has 0 radical (unpaired) electrons. The molecule has 24 heavy (non-hydrogen) atoms. The van der Waals surface area contributed by atoms with Gasteiger partial charge in [0, 0.05) is 11.1 Å². The monoisotopic (exact) mass is 322 g/mol. The fourth-order valence-electron chi connectivity index (χ4n) is 1.67. The molecule has 0 aliphatic rings. The van der Waals surface area contributed by atoms with E-state index in [1.807, 2.05) is 0 Å². The molecule has 120 valence electrons. The molecule has 7 nitrogen and oxygen atoms in total. The quantitative estimate of drug-likeness (QED) is 0.477. The van der Waals surface area contributed by atoms with E-state index in [9.17, 15) is 14.4 Å². The molecule has 0 saturated heterocycles. The number of amides is 2. The summed E-state index contributed by atoms with van der Waals surface area (Å²) in [5.74, 6) is -0.887. The Bertz CT molecular complexity index is 771. The average Bonchev–Trinajstić information content (AvgIpc) is 2.65. The van der Waals surface area contributed by atoms with E-state index in [2.05, 4.69) is 21.1 Å². The van der Waals surface area contributed by atoms with Gasteiger partial charge >= 0.3 is 0 Å². The largest absolute Gasteiger partial charge is 0.296 e. The summed E-state index contributed by atoms with van der Waals surface area (Å²) >= 11 is 0. The molecule has 0 aliphatic heterocycles. The summed E-state index contributed by atoms with van der Waals surface area (Å²) in [7, 11) is 0. The number of hydrogen-bond acceptors (Lipinski definition) is 5. The Labute approximate surface area is 138 Å². The maximum atomic E-state index is 11.8. The number of rotatable bonds is 6. The summed E-state index contributed by atoms with van der Waals surface area (Å²) in [6.07, 6.45) is 1.45. The number of carbonyl (C=O) groups is 3. The lowest BCUT2D eigenvalue weighted by molar-refractivity contribution is -0.102. The fourth-order valence-corrected chi connectivity index (χ4v) is 1.67. The maximum Gasteiger partial charge on any atom is 0.271 e. The second-order valence-electron chi connectivity index (χ2n) is 4.53. The Kier molecular flexibility index (Phi) is 6.10. The third-order valence-electron chi connectivity index (χ3n) is 2.84. The van der Waals surface area contributed by atoms with Crippen molar-refractivity contribution in [1.82, 2.24) is 10.9 Å². The van der Waals surface area contributed by atoms with Crippen molar-refractivity contribution in [2.45, 2.75) is 0 Å². The molecule has 0 aromatic heterocycles. The van der Waals surface area contributed by atoms with Crippen LogP contribution in [0.25, 0.3) is 0 Å². The zero-order chi connectivity index (χ0) is 17.2. The second kappa shape index (κ2) is 8.74. The molecule has 2 aromatic rings. The van der Waals surface area contributed by atoms with Gasteiger partial charge in [0.15, 0.2) is 6.29 Å². The number of hydrogen-bond donors (Lipinski definition) is 2. The smallest absolute Gasteiger partial charge is 0.271 e. The summed E-state index contributed by atoms with van der Waals surface area (Å²) in [5.41, 5.74) is 5.18. The third-order valence-corrected chi connectivity index (χ3v) is 2.84. The van der Waals surface area contributed by atoms with Gasteiger partial charge in [-0.25, -0.2) is 10.9 Å². The van der Waals surface area contributed by atoms with Crippen LogP contribution in [0.2, 0.25) is 0 Å². The Morgan fingerprint density at radius 2 is 1.29 bits per heavy atom. The molecule has 2 rings (SSSR count). The molecule has 0 fully saturated rings. The van der Waals surface area contributed by atoms with E-state index in [4.69, 9.17) is 0 Å². The molecule has 0 atom stereocenters. The standard InChI is InChI=1S/C17H14N4O3/c22-12-15(19-21-17(24)14-9-5-2-6-10-14)11-18-20-16(23)13-7-3-1-4-8-13/h1-12H,(H,20,23)(H,21,24)/b18-11-,19-15+. The first-order valence-electron chi connectivity index (χ1n) is 6.97. The zero-order valence-corrected chi connectivity index (χ0v) is 12.5. The molecule has 2 amide bonds. The summed E-state index contributed by atoms with van der Waals surface area (Å²) in [6, 6.07) is 16.9. The molecule has 0 spiro atoms. The minimum atomic E-state index is -0.461. The van der Waals surface area contributed by atoms with Crippen molar-refractivity contribution in [1.29, 1.82) is 0 Å². The van der Waals surface area contributed by atoms with Crippen LogP contribution in [0.3, 0.4) is 0 Å². The van der Waals surface area contributed by atoms with Gasteiger partial charge in [-0.3, -0.25) is 14.4 Å². The third kappa shape index (κ3) is 4.99. The minimum Gasteiger partial charge on any atom is -0.296 e. The topological polar surface area (TPSA) is 100.0 Å². The Morgan fingerprint density at radius 1 is 0.792 bits per heavy atom. The summed E-state index contributed by atoms with van der Waals surface area (Å²) in [6.45, 7) is 0. The van der Waals surface area contributed by atoms with Crippen LogP contribution in [0.4, 0.5) is 0 Å². The van der Waals surface area contributed by atoms with Crippen LogP contribution in [0.5, 0.6) is 0 Å². The first kappa shape index (κ1) is 16.8. The molecule has 0 heterocycles. The lowest BCUT2D eigenvalue weighted by Crippen LogP contribution is -2.22. The summed E-state index contributed by atoms with van der Waals surface area (Å²) < 4.78 is 0. The lowest BCUT2D eigenvalue weighted by atomic mass is 10.2. The van der Waals surface area contributed by atoms with Gasteiger partial charge in [0.2, 0.25) is 0 Å². The highest BCUT2D eigenvalue weighted by Crippen LogP contribution is 1.98. The SMILES string of the molecule is O=CC(/C=N\NC(=O)c1ccccc1)=N/NC(=O)c1ccccc1. The van der Waals surface area contributed by atoms with Gasteiger partial charge in [-0.05, 0) is 24.3 Å². The van der Waals surface area contributed by atoms with Crippen molar-refractivity contribution in [2.24, 2.45) is 10.2 Å². The van der Waals surface area contributed by atoms with Gasteiger partial charge < -0.3 is 0 Å². The lowest BCUT2D eigenvalue weighted by Gasteiger charge is -2.00. The first-order chi connectivity index (χ1) is 11.7. The van der Waals surface area contributed by atoms with Crippen LogP contribution in [-0.4, -0.2) is 30.0 Å². The molecular formula is C17H14N4O3. The van der Waals surface area contributed by atoms with Gasteiger partial charge in [-0.2, -0.15) is 10.2 Å². The Morgan fingerprint density at radius 3 is 1.79 bits per heavy atom. The number of carbonyl (C=O) groups excluding carboxylic acids is 3. The van der Waals surface area contributed by atoms with E-state index in [-0.39, 0.29) is 5.71 Å². The van der Waals surface area contributed by atoms with Crippen LogP contribution < -0.4 is 10.9 Å². The summed E-state index contributed by atoms with van der Waals surface area (Å²) in [4.78, 5) is 34.4. The predicted molar refractivity (Wildman–Crippen MR) is 89.8 cm³/mol. The normalized spacial score (nSPS) is 11.1. The van der Waals surface area contributed by atoms with Crippen LogP contribution in [0, 0.1) is 0 Å². The predicted octanol–water partition coefficient (Wildman–Crippen LogP) is 1.39. The van der Waals surface area contributed by atoms with Crippen LogP contribution in [0.15, 0.2) is 70.9 Å². The van der Waals surface area contributed by atoms with E-state index < -0.39 is 11.8 Å². The molecule has 2 aromatic carbocycles. The Balaban J connectivity index is 1.92. The minimum absolute atomic E-state index is 0.146. The maximum absolute atomic E-state index is 11.8. The number of nitrogens with one attached hydrogen (secondary N) is 2. The number of aldehydes is 1. The van der Waals surface area contributed by atoms with Gasteiger partial charge in [-0.15, -0.1) is 0 Å². The molecule has 2 N–H and O–H groups in total. The molecule has 0 bridgehead atoms. The highest BCUT2D eigenvalue weighted by Gasteiger charge is 2.04. The van der Waals surface area contributed by atoms with Crippen molar-refractivity contribution in [3.8, 4) is 0 Å². The fraction of sp³-hybridized carbons (Fsp3) is 0. The van der Waals surface area contributed by atoms with E-state index in [1.165, 1.54) is 0 Å². The molecular weight excluding hydrogens is 308 g/mol. The zero-order valence-electron chi connectivity index (χ0n) is 12.5. The van der Waals surface area contributed by atoms with Gasteiger partial charge in [-0.1, -0.05) is 36.4 Å². The van der Waals surface area contributed by atoms with Crippen LogP contribution in [-0.2, 0) is 4.79 Å². The van der Waals surface area contributed by atoms with Crippen molar-refractivity contribution >= 4 is 30.0 Å². The average molecular weight is 322 g/mol. The van der Waals surface area contributed by atoms with E-state index in [1.54, 1.807) is 60.7 Å². The molecule has 0 unspecified atom stereocenters. The van der Waals surface area contributed by atoms with Gasteiger partial charge in [0.25, 0.3) is 11.8 Å². The van der Waals surface area contributed by atoms with Crippen molar-refractivity contribution in [3.63, 3.8) is 0 Å². The van der Waals surface area contributed by atoms with E-state index in [0.717, 1.165) is 6.21 Å². The Hall–Kier alpha value is -3.61. The highest BCUT2D eigenvalue weighted by molar-refractivity contribution is 6.54. The van der Waals surface area contributed by atoms with Crippen molar-refractivity contribution in [3.05, 3.63) is 71.8 Å². The highest BCUT2D eigenvalue weighted by atomic mass is 16.2. The summed E-state index contributed by atoms with van der Waals surface area (Å²) in [5, 5.41) is 7.27. The number of nitrogens with zero attached hydrogens (tertiary/aromatic N) is 2.